The van der Waals surface area contributed by atoms with E-state index in [0.29, 0.717) is 37.6 Å². The first-order valence-corrected chi connectivity index (χ1v) is 9.91. The smallest absolute Gasteiger partial charge is 0.260 e. The molecule has 1 fully saturated rings. The summed E-state index contributed by atoms with van der Waals surface area (Å²) in [7, 11) is 0. The van der Waals surface area contributed by atoms with Gasteiger partial charge in [-0.1, -0.05) is 6.92 Å². The SMILES string of the molecule is CCCc1nc2c[n+]([O-])c3cc(OCC(=O)N4CCOCC4)ccc3c2s1. The number of aromatic nitrogens is 2. The molecule has 0 bridgehead atoms. The van der Waals surface area contributed by atoms with E-state index in [1.165, 1.54) is 6.20 Å². The molecule has 3 aromatic rings. The molecule has 4 rings (SSSR count). The van der Waals surface area contributed by atoms with Crippen LogP contribution in [-0.2, 0) is 16.0 Å². The third kappa shape index (κ3) is 3.68. The Balaban J connectivity index is 1.57. The number of pyridine rings is 1. The number of nitrogens with zero attached hydrogens (tertiary/aromatic N) is 3. The van der Waals surface area contributed by atoms with E-state index in [9.17, 15) is 10.0 Å². The molecule has 0 N–H and O–H groups in total. The maximum Gasteiger partial charge on any atom is 0.260 e. The number of hydrogen-bond acceptors (Lipinski definition) is 6. The lowest BCUT2D eigenvalue weighted by atomic mass is 10.2. The van der Waals surface area contributed by atoms with Gasteiger partial charge in [-0.15, -0.1) is 11.3 Å². The molecule has 8 heteroatoms. The van der Waals surface area contributed by atoms with Gasteiger partial charge in [-0.3, -0.25) is 4.79 Å². The molecule has 0 unspecified atom stereocenters. The van der Waals surface area contributed by atoms with E-state index >= 15 is 0 Å². The highest BCUT2D eigenvalue weighted by Crippen LogP contribution is 2.30. The summed E-state index contributed by atoms with van der Waals surface area (Å²) in [6, 6.07) is 5.36. The number of rotatable bonds is 5. The van der Waals surface area contributed by atoms with E-state index in [1.54, 1.807) is 28.4 Å². The quantitative estimate of drug-likeness (QED) is 0.496. The predicted molar refractivity (Wildman–Crippen MR) is 103 cm³/mol. The summed E-state index contributed by atoms with van der Waals surface area (Å²) in [6.45, 7) is 4.35. The van der Waals surface area contributed by atoms with Crippen molar-refractivity contribution in [1.29, 1.82) is 0 Å². The molecule has 142 valence electrons. The van der Waals surface area contributed by atoms with Crippen molar-refractivity contribution in [1.82, 2.24) is 9.88 Å². The maximum atomic E-state index is 12.4. The first-order valence-electron chi connectivity index (χ1n) is 9.09. The summed E-state index contributed by atoms with van der Waals surface area (Å²) in [4.78, 5) is 18.5. The second kappa shape index (κ2) is 7.66. The number of carbonyl (C=O) groups excluding carboxylic acids is 1. The van der Waals surface area contributed by atoms with Gasteiger partial charge in [0.2, 0.25) is 11.7 Å². The highest BCUT2D eigenvalue weighted by molar-refractivity contribution is 7.19. The van der Waals surface area contributed by atoms with Crippen molar-refractivity contribution < 1.29 is 19.0 Å². The largest absolute Gasteiger partial charge is 0.618 e. The molecule has 1 aromatic carbocycles. The van der Waals surface area contributed by atoms with E-state index in [2.05, 4.69) is 11.9 Å². The number of morpholine rings is 1. The van der Waals surface area contributed by atoms with Gasteiger partial charge in [0, 0.05) is 13.1 Å². The molecule has 1 amide bonds. The van der Waals surface area contributed by atoms with Gasteiger partial charge in [0.05, 0.1) is 34.4 Å². The number of fused-ring (bicyclic) bond motifs is 3. The van der Waals surface area contributed by atoms with Crippen LogP contribution in [0.5, 0.6) is 5.75 Å². The molecule has 1 aliphatic rings. The fourth-order valence-electron chi connectivity index (χ4n) is 3.18. The van der Waals surface area contributed by atoms with Crippen LogP contribution in [0.4, 0.5) is 0 Å². The van der Waals surface area contributed by atoms with Crippen molar-refractivity contribution >= 4 is 38.4 Å². The zero-order valence-electron chi connectivity index (χ0n) is 15.1. The van der Waals surface area contributed by atoms with Crippen molar-refractivity contribution in [2.75, 3.05) is 32.9 Å². The molecule has 0 radical (unpaired) electrons. The first kappa shape index (κ1) is 17.9. The van der Waals surface area contributed by atoms with Gasteiger partial charge >= 0.3 is 0 Å². The number of hydrogen-bond donors (Lipinski definition) is 0. The van der Waals surface area contributed by atoms with Gasteiger partial charge in [0.1, 0.15) is 11.3 Å². The van der Waals surface area contributed by atoms with Gasteiger partial charge in [-0.25, -0.2) is 4.98 Å². The molecule has 2 aromatic heterocycles. The van der Waals surface area contributed by atoms with Crippen LogP contribution in [0.25, 0.3) is 21.1 Å². The van der Waals surface area contributed by atoms with Gasteiger partial charge < -0.3 is 19.6 Å². The molecule has 27 heavy (non-hydrogen) atoms. The maximum absolute atomic E-state index is 12.4. The minimum absolute atomic E-state index is 0.0478. The van der Waals surface area contributed by atoms with Crippen molar-refractivity contribution in [3.8, 4) is 5.75 Å². The number of amides is 1. The summed E-state index contributed by atoms with van der Waals surface area (Å²) >= 11 is 1.63. The molecule has 0 saturated carbocycles. The fourth-order valence-corrected chi connectivity index (χ4v) is 4.36. The number of ether oxygens (including phenoxy) is 2. The number of aryl methyl sites for hydroxylation is 1. The number of thiazole rings is 1. The predicted octanol–water partition coefficient (Wildman–Crippen LogP) is 2.27. The molecule has 1 saturated heterocycles. The van der Waals surface area contributed by atoms with Crippen LogP contribution in [0.1, 0.15) is 18.4 Å². The Morgan fingerprint density at radius 2 is 2.22 bits per heavy atom. The third-order valence-corrected chi connectivity index (χ3v) is 5.74. The standard InChI is InChI=1S/C19H21N3O4S/c1-2-3-17-20-15-11-22(24)16-10-13(4-5-14(16)19(15)27-17)26-12-18(23)21-6-8-25-9-7-21/h4-5,10-11H,2-3,6-9,12H2,1H3. The highest BCUT2D eigenvalue weighted by Gasteiger charge is 2.18. The van der Waals surface area contributed by atoms with E-state index in [1.807, 2.05) is 6.07 Å². The molecular formula is C19H21N3O4S. The summed E-state index contributed by atoms with van der Waals surface area (Å²) in [5, 5.41) is 14.3. The lowest BCUT2D eigenvalue weighted by molar-refractivity contribution is -0.575. The average molecular weight is 387 g/mol. The Bertz CT molecular complexity index is 982. The van der Waals surface area contributed by atoms with Crippen molar-refractivity contribution in [3.63, 3.8) is 0 Å². The molecule has 1 aliphatic heterocycles. The lowest BCUT2D eigenvalue weighted by Gasteiger charge is -2.26. The van der Waals surface area contributed by atoms with Crippen LogP contribution >= 0.6 is 11.3 Å². The second-order valence-corrected chi connectivity index (χ2v) is 7.57. The monoisotopic (exact) mass is 387 g/mol. The highest BCUT2D eigenvalue weighted by atomic mass is 32.1. The van der Waals surface area contributed by atoms with Crippen LogP contribution in [0, 0.1) is 5.21 Å². The molecular weight excluding hydrogens is 366 g/mol. The van der Waals surface area contributed by atoms with Crippen LogP contribution in [0.3, 0.4) is 0 Å². The molecule has 0 atom stereocenters. The molecule has 7 nitrogen and oxygen atoms in total. The van der Waals surface area contributed by atoms with Crippen LogP contribution < -0.4 is 9.47 Å². The fraction of sp³-hybridized carbons (Fsp3) is 0.421. The Morgan fingerprint density at radius 3 is 3.00 bits per heavy atom. The van der Waals surface area contributed by atoms with Gasteiger partial charge in [-0.2, -0.15) is 4.73 Å². The Labute approximate surface area is 160 Å². The van der Waals surface area contributed by atoms with Gasteiger partial charge in [0.15, 0.2) is 6.61 Å². The first-order chi connectivity index (χ1) is 13.2. The minimum Gasteiger partial charge on any atom is -0.618 e. The summed E-state index contributed by atoms with van der Waals surface area (Å²) in [5.74, 6) is 0.432. The average Bonchev–Trinajstić information content (AvgIpc) is 3.09. The summed E-state index contributed by atoms with van der Waals surface area (Å²) in [5.41, 5.74) is 1.24. The van der Waals surface area contributed by atoms with Crippen molar-refractivity contribution in [2.45, 2.75) is 19.8 Å². The minimum atomic E-state index is -0.0736. The van der Waals surface area contributed by atoms with Crippen LogP contribution in [0.2, 0.25) is 0 Å². The molecule has 0 spiro atoms. The van der Waals surface area contributed by atoms with E-state index in [-0.39, 0.29) is 12.5 Å². The third-order valence-electron chi connectivity index (χ3n) is 4.58. The Hall–Kier alpha value is -2.45. The lowest BCUT2D eigenvalue weighted by Crippen LogP contribution is -2.43. The van der Waals surface area contributed by atoms with Gasteiger partial charge in [0.25, 0.3) is 5.91 Å². The Morgan fingerprint density at radius 1 is 1.41 bits per heavy atom. The normalized spacial score (nSPS) is 14.8. The zero-order valence-corrected chi connectivity index (χ0v) is 16.0. The van der Waals surface area contributed by atoms with Crippen LogP contribution in [0.15, 0.2) is 24.4 Å². The van der Waals surface area contributed by atoms with E-state index in [4.69, 9.17) is 9.47 Å². The summed E-state index contributed by atoms with van der Waals surface area (Å²) in [6.07, 6.45) is 3.44. The zero-order chi connectivity index (χ0) is 18.8. The van der Waals surface area contributed by atoms with Crippen molar-refractivity contribution in [2.24, 2.45) is 0 Å². The number of carbonyl (C=O) groups is 1. The Kier molecular flexibility index (Phi) is 5.09. The number of benzene rings is 1. The molecule has 0 aliphatic carbocycles. The summed E-state index contributed by atoms with van der Waals surface area (Å²) < 4.78 is 12.7. The molecule has 3 heterocycles. The topological polar surface area (TPSA) is 78.6 Å². The van der Waals surface area contributed by atoms with Crippen molar-refractivity contribution in [3.05, 3.63) is 34.6 Å². The second-order valence-electron chi connectivity index (χ2n) is 6.49. The van der Waals surface area contributed by atoms with Gasteiger partial charge in [-0.05, 0) is 25.0 Å². The van der Waals surface area contributed by atoms with E-state index in [0.717, 1.165) is 38.2 Å². The van der Waals surface area contributed by atoms with Crippen LogP contribution in [-0.4, -0.2) is 48.7 Å². The van der Waals surface area contributed by atoms with E-state index < -0.39 is 0 Å².